The molecule has 0 saturated carbocycles. The fourth-order valence-electron chi connectivity index (χ4n) is 8.75. The molecule has 21 heteroatoms. The van der Waals surface area contributed by atoms with Gasteiger partial charge in [-0.1, -0.05) is 172 Å². The van der Waals surface area contributed by atoms with E-state index in [0.29, 0.717) is 31.0 Å². The summed E-state index contributed by atoms with van der Waals surface area (Å²) in [7, 11) is 4.85. The van der Waals surface area contributed by atoms with Gasteiger partial charge >= 0.3 is 0 Å². The van der Waals surface area contributed by atoms with Crippen molar-refractivity contribution in [2.45, 2.75) is 90.0 Å². The van der Waals surface area contributed by atoms with Gasteiger partial charge in [0.2, 0.25) is 0 Å². The molecule has 0 atom stereocenters. The van der Waals surface area contributed by atoms with Gasteiger partial charge in [0.15, 0.2) is 0 Å². The molecule has 0 radical (unpaired) electrons. The van der Waals surface area contributed by atoms with Gasteiger partial charge in [0, 0.05) is 56.4 Å². The predicted octanol–water partition coefficient (Wildman–Crippen LogP) is 27.9. The van der Waals surface area contributed by atoms with Crippen molar-refractivity contribution in [1.29, 1.82) is 0 Å². The lowest BCUT2D eigenvalue weighted by atomic mass is 10.2. The third-order valence-corrected chi connectivity index (χ3v) is 18.0. The number of pyridine rings is 3. The van der Waals surface area contributed by atoms with Crippen molar-refractivity contribution in [3.05, 3.63) is 368 Å². The van der Waals surface area contributed by atoms with E-state index in [1.165, 1.54) is 55.7 Å². The second-order valence-electron chi connectivity index (χ2n) is 24.7. The molecule has 0 bridgehead atoms. The first-order chi connectivity index (χ1) is 52.4. The fourth-order valence-corrected chi connectivity index (χ4v) is 10.5. The number of aryl methyl sites for hydroxylation is 13. The molecule has 15 aromatic rings. The molecule has 4 N–H and O–H groups in total. The lowest BCUT2D eigenvalue weighted by Crippen LogP contribution is -1.84. The minimum Gasteiger partial charge on any atom is -0.508 e. The summed E-state index contributed by atoms with van der Waals surface area (Å²) in [5.41, 5.74) is 18.1. The number of hydrogen-bond acceptors (Lipinski definition) is 9. The highest BCUT2D eigenvalue weighted by Gasteiger charge is 2.03. The van der Waals surface area contributed by atoms with Crippen LogP contribution in [0.5, 0.6) is 23.0 Å². The van der Waals surface area contributed by atoms with Crippen LogP contribution in [0.25, 0.3) is 32.7 Å². The van der Waals surface area contributed by atoms with E-state index in [9.17, 15) is 4.39 Å². The molecule has 0 amide bonds. The molecule has 6 heterocycles. The van der Waals surface area contributed by atoms with Crippen LogP contribution in [0.2, 0.25) is 35.3 Å². The zero-order valence-corrected chi connectivity index (χ0v) is 71.4. The lowest BCUT2D eigenvalue weighted by Gasteiger charge is -2.01. The van der Waals surface area contributed by atoms with Gasteiger partial charge in [-0.15, -0.1) is 0 Å². The van der Waals surface area contributed by atoms with Gasteiger partial charge in [0.1, 0.15) is 34.0 Å². The largest absolute Gasteiger partial charge is 0.508 e. The highest BCUT2D eigenvalue weighted by atomic mass is 79.9. The molecular formula is C89H93BrCl7FN8O4. The summed E-state index contributed by atoms with van der Waals surface area (Å²) in [6.07, 6.45) is 9.15. The van der Waals surface area contributed by atoms with Crippen molar-refractivity contribution in [2.75, 3.05) is 21.3 Å². The van der Waals surface area contributed by atoms with E-state index in [1.54, 1.807) is 64.1 Å². The fraction of sp³-hybridized carbons (Fsp3) is 0.180. The number of phenols is 1. The molecule has 110 heavy (non-hydrogen) atoms. The zero-order valence-electron chi connectivity index (χ0n) is 64.5. The van der Waals surface area contributed by atoms with E-state index < -0.39 is 0 Å². The minimum atomic E-state index is -0.359. The van der Waals surface area contributed by atoms with E-state index >= 15 is 0 Å². The molecule has 576 valence electrons. The van der Waals surface area contributed by atoms with Crippen LogP contribution in [-0.2, 0) is 0 Å². The number of H-pyrrole nitrogens is 3. The molecule has 12 nitrogen and oxygen atoms in total. The third kappa shape index (κ3) is 36.8. The summed E-state index contributed by atoms with van der Waals surface area (Å²) in [5.74, 6) is 2.24. The van der Waals surface area contributed by atoms with Crippen molar-refractivity contribution >= 4 is 130 Å². The van der Waals surface area contributed by atoms with Gasteiger partial charge in [-0.2, -0.15) is 10.2 Å². The maximum Gasteiger partial charge on any atom is 0.141 e. The van der Waals surface area contributed by atoms with Gasteiger partial charge in [-0.25, -0.2) is 4.39 Å². The number of phenolic OH excluding ortho intramolecular Hbond substituents is 1. The average molecular weight is 1690 g/mol. The Labute approximate surface area is 690 Å². The molecular weight excluding hydrogens is 1590 g/mol. The summed E-state index contributed by atoms with van der Waals surface area (Å²) in [6, 6.07) is 69.0. The molecule has 0 aliphatic rings. The molecule has 15 rings (SSSR count). The number of aromatic nitrogens is 8. The quantitative estimate of drug-likeness (QED) is 0.135. The van der Waals surface area contributed by atoms with Crippen molar-refractivity contribution in [2.24, 2.45) is 0 Å². The van der Waals surface area contributed by atoms with Crippen LogP contribution in [-0.4, -0.2) is 66.8 Å². The van der Waals surface area contributed by atoms with E-state index in [-0.39, 0.29) is 10.8 Å². The van der Waals surface area contributed by atoms with E-state index in [4.69, 9.17) is 101 Å². The number of nitrogens with one attached hydrogen (secondary N) is 3. The maximum atomic E-state index is 12.4. The molecule has 9 aromatic carbocycles. The second kappa shape index (κ2) is 50.4. The number of benzene rings is 9. The van der Waals surface area contributed by atoms with Gasteiger partial charge in [0.25, 0.3) is 0 Å². The molecule has 6 aromatic heterocycles. The van der Waals surface area contributed by atoms with Gasteiger partial charge in [-0.05, 0) is 295 Å². The Morgan fingerprint density at radius 2 is 0.873 bits per heavy atom. The number of nitrogens with zero attached hydrogens (tertiary/aromatic N) is 5. The number of halogens is 9. The number of aromatic amines is 3. The normalized spacial score (nSPS) is 9.72. The van der Waals surface area contributed by atoms with Crippen molar-refractivity contribution in [3.63, 3.8) is 0 Å². The number of rotatable bonds is 3. The van der Waals surface area contributed by atoms with Crippen LogP contribution in [0.4, 0.5) is 4.39 Å². The molecule has 0 saturated heterocycles. The van der Waals surface area contributed by atoms with E-state index in [1.807, 2.05) is 228 Å². The predicted molar refractivity (Wildman–Crippen MR) is 467 cm³/mol. The van der Waals surface area contributed by atoms with Crippen LogP contribution >= 0.6 is 97.1 Å². The Morgan fingerprint density at radius 3 is 1.36 bits per heavy atom. The summed E-state index contributed by atoms with van der Waals surface area (Å²) in [4.78, 5) is 15.2. The van der Waals surface area contributed by atoms with Gasteiger partial charge < -0.3 is 24.3 Å². The smallest absolute Gasteiger partial charge is 0.141 e. The third-order valence-electron chi connectivity index (χ3n) is 14.8. The van der Waals surface area contributed by atoms with Crippen LogP contribution in [0, 0.1) is 95.8 Å². The first-order valence-corrected chi connectivity index (χ1v) is 37.7. The number of hydrogen-bond donors (Lipinski definition) is 4. The minimum absolute atomic E-state index is 0.190. The highest BCUT2D eigenvalue weighted by molar-refractivity contribution is 9.10. The molecule has 0 aliphatic carbocycles. The van der Waals surface area contributed by atoms with E-state index in [0.717, 1.165) is 82.5 Å². The van der Waals surface area contributed by atoms with Crippen LogP contribution in [0.1, 0.15) is 72.7 Å². The Balaban J connectivity index is 0.000000254. The highest BCUT2D eigenvalue weighted by Crippen LogP contribution is 2.27. The molecule has 0 aliphatic heterocycles. The van der Waals surface area contributed by atoms with E-state index in [2.05, 4.69) is 119 Å². The number of fused-ring (bicyclic) bond motifs is 3. The second-order valence-corrected chi connectivity index (χ2v) is 28.4. The standard InChI is InChI=1S/C9H9N.C8H7ClN2.2C8H9ClO.C8H8N2.C7H6BrCl.C7H6Cl2.C7H6ClF.C7H9NO.C7H9N.C7H8O.C6H7N/c1-7-2-3-8-4-5-10-9(8)6-7;1-5-2-3-6-7(4-5)10-11-8(6)9;1-6-3-4-8(10-2)7(9)5-6;1-6-3-4-7(9)8(5-6)10-2;1-6-2-3-7-5-9-10-8(7)4-6;2*1-5-2-3-6(8)7(9)4-5;1-5-2-3-7(9)6(8)4-5;1-6-3-4-7(9-2)5-8-6;1-6-3-4-7(2)8-5-6;1-6-2-4-7(8)5-3-6;1-6-4-2-3-5-7-6/h2-6,10H,1H3;2-4H,1H3,(H,10,11);2*3-5H,1-2H3;2-5H,1H3,(H,9,10);3*2-4H,1H3;3-5H,1-2H3;3-5H,1-2H3;2-5,8H,1H3;2-5H,1H3. The van der Waals surface area contributed by atoms with Crippen molar-refractivity contribution in [1.82, 2.24) is 40.3 Å². The van der Waals surface area contributed by atoms with Gasteiger partial charge in [0.05, 0.1) is 74.9 Å². The van der Waals surface area contributed by atoms with Crippen LogP contribution < -0.4 is 14.2 Å². The molecule has 0 fully saturated rings. The topological polar surface area (TPSA) is 160 Å². The Morgan fingerprint density at radius 1 is 0.373 bits per heavy atom. The van der Waals surface area contributed by atoms with Crippen LogP contribution in [0.3, 0.4) is 0 Å². The van der Waals surface area contributed by atoms with Gasteiger partial charge in [-0.3, -0.25) is 25.1 Å². The van der Waals surface area contributed by atoms with Crippen molar-refractivity contribution < 1.29 is 23.7 Å². The first kappa shape index (κ1) is 92.9. The molecule has 0 spiro atoms. The average Bonchev–Trinajstić information content (AvgIpc) is 1.73. The number of methoxy groups -OCH3 is 3. The maximum absolute atomic E-state index is 12.4. The summed E-state index contributed by atoms with van der Waals surface area (Å²) >= 11 is 43.2. The first-order valence-electron chi connectivity index (χ1n) is 34.2. The number of aromatic hydroxyl groups is 1. The Hall–Kier alpha value is -9.45. The van der Waals surface area contributed by atoms with Crippen molar-refractivity contribution in [3.8, 4) is 23.0 Å². The van der Waals surface area contributed by atoms with Crippen LogP contribution in [0.15, 0.2) is 254 Å². The Kier molecular flexibility index (Phi) is 42.6. The summed E-state index contributed by atoms with van der Waals surface area (Å²) < 4.78 is 28.2. The summed E-state index contributed by atoms with van der Waals surface area (Å²) in [6.45, 7) is 26.0. The number of ether oxygens (including phenoxy) is 3. The summed E-state index contributed by atoms with van der Waals surface area (Å²) in [5, 5.41) is 29.9. The molecule has 0 unspecified atom stereocenters. The Bertz CT molecular complexity index is 4890. The monoisotopic (exact) mass is 1680 g/mol. The lowest BCUT2D eigenvalue weighted by molar-refractivity contribution is 0.412. The zero-order chi connectivity index (χ0) is 81.2. The SMILES string of the molecule is COc1cc(C)ccc1Cl.COc1ccc(C)cc1Cl.COc1ccc(C)nc1.Cc1ccc(Br)c(Cl)c1.Cc1ccc(C)nc1.Cc1ccc(Cl)c(Cl)c1.Cc1ccc(F)c(Cl)c1.Cc1ccc(O)cc1.Cc1ccc2c(Cl)[nH]nc2c1.Cc1ccc2cc[nH]c2c1.Cc1ccc2cn[nH]c2c1.Cc1ccccn1.